The predicted octanol–water partition coefficient (Wildman–Crippen LogP) is 0.261. The maximum atomic E-state index is 12.3. The van der Waals surface area contributed by atoms with Gasteiger partial charge in [-0.05, 0) is 6.92 Å². The van der Waals surface area contributed by atoms with Gasteiger partial charge in [0.25, 0.3) is 0 Å². The molecule has 0 radical (unpaired) electrons. The topological polar surface area (TPSA) is 91.4 Å². The van der Waals surface area contributed by atoms with Crippen LogP contribution in [-0.2, 0) is 14.8 Å². The minimum absolute atomic E-state index is 0.177. The van der Waals surface area contributed by atoms with Crippen LogP contribution >= 0.6 is 11.3 Å². The molecule has 1 aliphatic rings. The predicted molar refractivity (Wildman–Crippen MR) is 82.9 cm³/mol. The zero-order valence-electron chi connectivity index (χ0n) is 12.1. The molecule has 0 bridgehead atoms. The Morgan fingerprint density at radius 2 is 2.19 bits per heavy atom. The standard InChI is InChI=1S/C12H20N4O3S2/c1-9(11(17)15-12-14-10(2)7-20-12)8-21(18,19)16-5-3-13-4-6-16/h7,9,13H,3-6,8H2,1-2H3,(H,14,15,17). The van der Waals surface area contributed by atoms with Crippen LogP contribution in [0.15, 0.2) is 5.38 Å². The minimum Gasteiger partial charge on any atom is -0.314 e. The fourth-order valence-electron chi connectivity index (χ4n) is 2.06. The van der Waals surface area contributed by atoms with Gasteiger partial charge in [0.2, 0.25) is 15.9 Å². The maximum Gasteiger partial charge on any atom is 0.230 e. The zero-order valence-corrected chi connectivity index (χ0v) is 13.8. The summed E-state index contributed by atoms with van der Waals surface area (Å²) in [6, 6.07) is 0. The van der Waals surface area contributed by atoms with Crippen LogP contribution in [0.3, 0.4) is 0 Å². The molecule has 2 rings (SSSR count). The number of aryl methyl sites for hydroxylation is 1. The van der Waals surface area contributed by atoms with Crippen molar-refractivity contribution in [3.05, 3.63) is 11.1 Å². The first-order chi connectivity index (χ1) is 9.88. The molecule has 9 heteroatoms. The van der Waals surface area contributed by atoms with Gasteiger partial charge in [-0.2, -0.15) is 4.31 Å². The summed E-state index contributed by atoms with van der Waals surface area (Å²) in [6.45, 7) is 5.68. The third-order valence-electron chi connectivity index (χ3n) is 3.23. The summed E-state index contributed by atoms with van der Waals surface area (Å²) in [6.07, 6.45) is 0. The van der Waals surface area contributed by atoms with E-state index in [-0.39, 0.29) is 11.7 Å². The number of aromatic nitrogens is 1. The van der Waals surface area contributed by atoms with Crippen molar-refractivity contribution >= 4 is 32.4 Å². The van der Waals surface area contributed by atoms with Crippen molar-refractivity contribution < 1.29 is 13.2 Å². The van der Waals surface area contributed by atoms with Crippen LogP contribution in [-0.4, -0.2) is 55.5 Å². The second-order valence-electron chi connectivity index (χ2n) is 5.11. The number of carbonyl (C=O) groups excluding carboxylic acids is 1. The highest BCUT2D eigenvalue weighted by atomic mass is 32.2. The lowest BCUT2D eigenvalue weighted by Gasteiger charge is -2.27. The largest absolute Gasteiger partial charge is 0.314 e. The van der Waals surface area contributed by atoms with Crippen molar-refractivity contribution in [1.82, 2.24) is 14.6 Å². The molecule has 2 N–H and O–H groups in total. The lowest BCUT2D eigenvalue weighted by Crippen LogP contribution is -2.48. The van der Waals surface area contributed by atoms with Gasteiger partial charge in [-0.3, -0.25) is 4.79 Å². The maximum absolute atomic E-state index is 12.3. The molecule has 7 nitrogen and oxygen atoms in total. The molecule has 1 atom stereocenters. The van der Waals surface area contributed by atoms with Crippen LogP contribution in [0.2, 0.25) is 0 Å². The summed E-state index contributed by atoms with van der Waals surface area (Å²) in [5.74, 6) is -1.11. The van der Waals surface area contributed by atoms with Crippen molar-refractivity contribution in [1.29, 1.82) is 0 Å². The average molecular weight is 332 g/mol. The highest BCUT2D eigenvalue weighted by molar-refractivity contribution is 7.89. The highest BCUT2D eigenvalue weighted by Crippen LogP contribution is 2.16. The number of nitrogens with zero attached hydrogens (tertiary/aromatic N) is 2. The number of anilines is 1. The van der Waals surface area contributed by atoms with E-state index in [0.717, 1.165) is 5.69 Å². The van der Waals surface area contributed by atoms with Gasteiger partial charge in [0, 0.05) is 31.6 Å². The second kappa shape index (κ2) is 6.82. The van der Waals surface area contributed by atoms with Gasteiger partial charge in [0.15, 0.2) is 5.13 Å². The number of rotatable bonds is 5. The van der Waals surface area contributed by atoms with Gasteiger partial charge in [0.1, 0.15) is 0 Å². The van der Waals surface area contributed by atoms with Crippen LogP contribution < -0.4 is 10.6 Å². The third-order valence-corrected chi connectivity index (χ3v) is 6.18. The summed E-state index contributed by atoms with van der Waals surface area (Å²) in [4.78, 5) is 16.2. The molecule has 0 saturated carbocycles. The molecule has 0 aliphatic carbocycles. The van der Waals surface area contributed by atoms with Crippen molar-refractivity contribution in [2.45, 2.75) is 13.8 Å². The van der Waals surface area contributed by atoms with Gasteiger partial charge in [0.05, 0.1) is 17.4 Å². The molecule has 1 unspecified atom stereocenters. The highest BCUT2D eigenvalue weighted by Gasteiger charge is 2.28. The van der Waals surface area contributed by atoms with Crippen LogP contribution in [0.4, 0.5) is 5.13 Å². The van der Waals surface area contributed by atoms with E-state index in [9.17, 15) is 13.2 Å². The number of nitrogens with one attached hydrogen (secondary N) is 2. The Hall–Kier alpha value is -1.03. The number of hydrogen-bond donors (Lipinski definition) is 2. The van der Waals surface area contributed by atoms with E-state index < -0.39 is 15.9 Å². The summed E-state index contributed by atoms with van der Waals surface area (Å²) in [5, 5.41) is 8.10. The Morgan fingerprint density at radius 3 is 2.76 bits per heavy atom. The quantitative estimate of drug-likeness (QED) is 0.807. The molecule has 1 amide bonds. The van der Waals surface area contributed by atoms with E-state index in [1.807, 2.05) is 12.3 Å². The Morgan fingerprint density at radius 1 is 1.52 bits per heavy atom. The lowest BCUT2D eigenvalue weighted by atomic mass is 10.2. The Bertz CT molecular complexity index is 593. The van der Waals surface area contributed by atoms with E-state index in [0.29, 0.717) is 31.3 Å². The minimum atomic E-state index is -3.40. The second-order valence-corrected chi connectivity index (χ2v) is 7.98. The molecule has 1 saturated heterocycles. The average Bonchev–Trinajstić information content (AvgIpc) is 2.84. The number of amides is 1. The summed E-state index contributed by atoms with van der Waals surface area (Å²) in [7, 11) is -3.40. The number of piperazine rings is 1. The summed E-state index contributed by atoms with van der Waals surface area (Å²) >= 11 is 1.33. The molecular formula is C12H20N4O3S2. The normalized spacial score (nSPS) is 18.4. The van der Waals surface area contributed by atoms with Crippen molar-refractivity contribution in [3.63, 3.8) is 0 Å². The Kier molecular flexibility index (Phi) is 5.31. The molecule has 1 aromatic heterocycles. The van der Waals surface area contributed by atoms with Crippen LogP contribution in [0, 0.1) is 12.8 Å². The molecule has 2 heterocycles. The van der Waals surface area contributed by atoms with Gasteiger partial charge < -0.3 is 10.6 Å². The van der Waals surface area contributed by atoms with Gasteiger partial charge >= 0.3 is 0 Å². The van der Waals surface area contributed by atoms with E-state index >= 15 is 0 Å². The fourth-order valence-corrected chi connectivity index (χ4v) is 4.48. The smallest absolute Gasteiger partial charge is 0.230 e. The molecule has 1 aliphatic heterocycles. The molecule has 1 fully saturated rings. The lowest BCUT2D eigenvalue weighted by molar-refractivity contribution is -0.118. The first-order valence-corrected chi connectivity index (χ1v) is 9.29. The van der Waals surface area contributed by atoms with E-state index in [1.54, 1.807) is 6.92 Å². The summed E-state index contributed by atoms with van der Waals surface area (Å²) in [5.41, 5.74) is 0.830. The molecule has 21 heavy (non-hydrogen) atoms. The number of thiazole rings is 1. The van der Waals surface area contributed by atoms with Gasteiger partial charge in [-0.15, -0.1) is 11.3 Å². The van der Waals surface area contributed by atoms with E-state index in [2.05, 4.69) is 15.6 Å². The first-order valence-electron chi connectivity index (χ1n) is 6.80. The molecular weight excluding hydrogens is 312 g/mol. The fraction of sp³-hybridized carbons (Fsp3) is 0.667. The Labute approximate surface area is 128 Å². The van der Waals surface area contributed by atoms with Crippen molar-refractivity contribution in [2.75, 3.05) is 37.2 Å². The first kappa shape index (κ1) is 16.3. The SMILES string of the molecule is Cc1csc(NC(=O)C(C)CS(=O)(=O)N2CCNCC2)n1. The van der Waals surface area contributed by atoms with E-state index in [4.69, 9.17) is 0 Å². The van der Waals surface area contributed by atoms with Crippen molar-refractivity contribution in [2.24, 2.45) is 5.92 Å². The van der Waals surface area contributed by atoms with Crippen LogP contribution in [0.1, 0.15) is 12.6 Å². The molecule has 1 aromatic rings. The summed E-state index contributed by atoms with van der Waals surface area (Å²) < 4.78 is 26.0. The molecule has 0 aromatic carbocycles. The number of sulfonamides is 1. The van der Waals surface area contributed by atoms with E-state index in [1.165, 1.54) is 15.6 Å². The van der Waals surface area contributed by atoms with Gasteiger partial charge in [-0.1, -0.05) is 6.92 Å². The zero-order chi connectivity index (χ0) is 15.5. The third kappa shape index (κ3) is 4.47. The van der Waals surface area contributed by atoms with Crippen LogP contribution in [0.5, 0.6) is 0 Å². The van der Waals surface area contributed by atoms with Crippen molar-refractivity contribution in [3.8, 4) is 0 Å². The molecule has 0 spiro atoms. The van der Waals surface area contributed by atoms with Gasteiger partial charge in [-0.25, -0.2) is 13.4 Å². The number of hydrogen-bond acceptors (Lipinski definition) is 6. The van der Waals surface area contributed by atoms with Crippen LogP contribution in [0.25, 0.3) is 0 Å². The molecule has 118 valence electrons. The Balaban J connectivity index is 1.93. The monoisotopic (exact) mass is 332 g/mol. The number of carbonyl (C=O) groups is 1.